The van der Waals surface area contributed by atoms with Crippen LogP contribution in [0, 0.1) is 5.92 Å². The number of amidine groups is 1. The van der Waals surface area contributed by atoms with Crippen molar-refractivity contribution in [2.24, 2.45) is 10.9 Å². The number of thioether (sulfide) groups is 1. The second kappa shape index (κ2) is 5.79. The van der Waals surface area contributed by atoms with Crippen molar-refractivity contribution in [2.45, 2.75) is 31.7 Å². The Labute approximate surface area is 113 Å². The maximum Gasteiger partial charge on any atom is 0.156 e. The second-order valence-electron chi connectivity index (χ2n) is 5.18. The van der Waals surface area contributed by atoms with Gasteiger partial charge in [-0.05, 0) is 30.7 Å². The molecule has 3 rings (SSSR count). The van der Waals surface area contributed by atoms with E-state index in [9.17, 15) is 0 Å². The lowest BCUT2D eigenvalue weighted by molar-refractivity contribution is 0.490. The highest BCUT2D eigenvalue weighted by Crippen LogP contribution is 2.32. The van der Waals surface area contributed by atoms with Crippen LogP contribution in [-0.4, -0.2) is 23.5 Å². The van der Waals surface area contributed by atoms with Gasteiger partial charge in [0.1, 0.15) is 0 Å². The monoisotopic (exact) mass is 260 g/mol. The Bertz CT molecular complexity index is 416. The van der Waals surface area contributed by atoms with Gasteiger partial charge in [0.15, 0.2) is 5.17 Å². The van der Waals surface area contributed by atoms with Crippen LogP contribution in [0.2, 0.25) is 0 Å². The van der Waals surface area contributed by atoms with Gasteiger partial charge in [0.25, 0.3) is 0 Å². The lowest BCUT2D eigenvalue weighted by atomic mass is 10.1. The number of benzene rings is 1. The number of fused-ring (bicyclic) bond motifs is 1. The van der Waals surface area contributed by atoms with E-state index < -0.39 is 0 Å². The number of nitrogens with zero attached hydrogens (tertiary/aromatic N) is 1. The van der Waals surface area contributed by atoms with Crippen molar-refractivity contribution in [2.75, 3.05) is 12.3 Å². The van der Waals surface area contributed by atoms with Gasteiger partial charge in [0, 0.05) is 18.3 Å². The molecule has 1 aliphatic carbocycles. The Hall–Kier alpha value is -0.960. The molecule has 1 aliphatic heterocycles. The van der Waals surface area contributed by atoms with Gasteiger partial charge in [-0.15, -0.1) is 0 Å². The predicted octanol–water partition coefficient (Wildman–Crippen LogP) is 3.09. The van der Waals surface area contributed by atoms with E-state index >= 15 is 0 Å². The molecule has 2 unspecified atom stereocenters. The molecule has 0 aromatic heterocycles. The maximum absolute atomic E-state index is 4.71. The first-order chi connectivity index (χ1) is 8.92. The van der Waals surface area contributed by atoms with Gasteiger partial charge >= 0.3 is 0 Å². The van der Waals surface area contributed by atoms with Crippen LogP contribution in [0.15, 0.2) is 35.3 Å². The average molecular weight is 260 g/mol. The SMILES string of the molecule is c1ccc(CCN=C2NC3CCCC3CS2)cc1. The molecule has 1 aromatic rings. The Balaban J connectivity index is 1.51. The summed E-state index contributed by atoms with van der Waals surface area (Å²) in [4.78, 5) is 4.71. The highest BCUT2D eigenvalue weighted by atomic mass is 32.2. The van der Waals surface area contributed by atoms with Crippen molar-refractivity contribution >= 4 is 16.9 Å². The molecule has 1 saturated carbocycles. The first-order valence-electron chi connectivity index (χ1n) is 6.89. The minimum atomic E-state index is 0.710. The summed E-state index contributed by atoms with van der Waals surface area (Å²) in [7, 11) is 0. The van der Waals surface area contributed by atoms with Crippen LogP contribution in [0.3, 0.4) is 0 Å². The lowest BCUT2D eigenvalue weighted by Gasteiger charge is -2.28. The van der Waals surface area contributed by atoms with E-state index in [-0.39, 0.29) is 0 Å². The fraction of sp³-hybridized carbons (Fsp3) is 0.533. The number of rotatable bonds is 3. The summed E-state index contributed by atoms with van der Waals surface area (Å²) in [5.74, 6) is 2.16. The van der Waals surface area contributed by atoms with Crippen molar-refractivity contribution in [1.29, 1.82) is 0 Å². The first kappa shape index (κ1) is 12.1. The molecule has 96 valence electrons. The molecule has 2 fully saturated rings. The minimum Gasteiger partial charge on any atom is -0.362 e. The van der Waals surface area contributed by atoms with Gasteiger partial charge in [-0.3, -0.25) is 4.99 Å². The van der Waals surface area contributed by atoms with Gasteiger partial charge < -0.3 is 5.32 Å². The van der Waals surface area contributed by atoms with Gasteiger partial charge in [0.2, 0.25) is 0 Å². The van der Waals surface area contributed by atoms with Crippen LogP contribution >= 0.6 is 11.8 Å². The molecule has 18 heavy (non-hydrogen) atoms. The summed E-state index contributed by atoms with van der Waals surface area (Å²) in [5, 5.41) is 4.79. The zero-order chi connectivity index (χ0) is 12.2. The van der Waals surface area contributed by atoms with Crippen molar-refractivity contribution in [3.05, 3.63) is 35.9 Å². The van der Waals surface area contributed by atoms with Crippen LogP contribution in [0.25, 0.3) is 0 Å². The van der Waals surface area contributed by atoms with Crippen molar-refractivity contribution in [1.82, 2.24) is 5.32 Å². The molecule has 1 saturated heterocycles. The molecule has 2 nitrogen and oxygen atoms in total. The fourth-order valence-electron chi connectivity index (χ4n) is 2.84. The number of hydrogen-bond donors (Lipinski definition) is 1. The summed E-state index contributed by atoms with van der Waals surface area (Å²) < 4.78 is 0. The van der Waals surface area contributed by atoms with E-state index in [1.54, 1.807) is 0 Å². The smallest absolute Gasteiger partial charge is 0.156 e. The van der Waals surface area contributed by atoms with E-state index in [4.69, 9.17) is 4.99 Å². The Morgan fingerprint density at radius 1 is 1.22 bits per heavy atom. The Morgan fingerprint density at radius 3 is 3.00 bits per heavy atom. The molecule has 0 bridgehead atoms. The lowest BCUT2D eigenvalue weighted by Crippen LogP contribution is -2.41. The zero-order valence-corrected chi connectivity index (χ0v) is 11.5. The summed E-state index contributed by atoms with van der Waals surface area (Å²) in [6.07, 6.45) is 5.17. The van der Waals surface area contributed by atoms with E-state index in [0.717, 1.165) is 18.9 Å². The van der Waals surface area contributed by atoms with E-state index in [1.165, 1.54) is 35.7 Å². The quantitative estimate of drug-likeness (QED) is 0.903. The summed E-state index contributed by atoms with van der Waals surface area (Å²) in [6.45, 7) is 0.900. The standard InChI is InChI=1S/C15H20N2S/c1-2-5-12(6-3-1)9-10-16-15-17-14-8-4-7-13(14)11-18-15/h1-3,5-6,13-14H,4,7-11H2,(H,16,17). The molecule has 2 aliphatic rings. The van der Waals surface area contributed by atoms with E-state index in [1.807, 2.05) is 11.8 Å². The largest absolute Gasteiger partial charge is 0.362 e. The van der Waals surface area contributed by atoms with Gasteiger partial charge in [-0.2, -0.15) is 0 Å². The predicted molar refractivity (Wildman–Crippen MR) is 79.2 cm³/mol. The molecule has 1 heterocycles. The average Bonchev–Trinajstić information content (AvgIpc) is 2.87. The third kappa shape index (κ3) is 2.89. The number of nitrogens with one attached hydrogen (secondary N) is 1. The molecule has 0 spiro atoms. The van der Waals surface area contributed by atoms with Gasteiger partial charge in [-0.25, -0.2) is 0 Å². The van der Waals surface area contributed by atoms with Crippen molar-refractivity contribution in [3.63, 3.8) is 0 Å². The summed E-state index contributed by atoms with van der Waals surface area (Å²) >= 11 is 1.91. The van der Waals surface area contributed by atoms with Crippen LogP contribution in [0.5, 0.6) is 0 Å². The molecule has 0 radical (unpaired) electrons. The van der Waals surface area contributed by atoms with Crippen molar-refractivity contribution < 1.29 is 0 Å². The third-order valence-corrected chi connectivity index (χ3v) is 5.02. The molecule has 2 atom stereocenters. The molecule has 1 aromatic carbocycles. The molecule has 0 amide bonds. The highest BCUT2D eigenvalue weighted by Gasteiger charge is 2.31. The number of aliphatic imine (C=N–C) groups is 1. The minimum absolute atomic E-state index is 0.710. The zero-order valence-electron chi connectivity index (χ0n) is 10.6. The van der Waals surface area contributed by atoms with Crippen LogP contribution in [-0.2, 0) is 6.42 Å². The first-order valence-corrected chi connectivity index (χ1v) is 7.88. The maximum atomic E-state index is 4.71. The van der Waals surface area contributed by atoms with Crippen LogP contribution < -0.4 is 5.32 Å². The summed E-state index contributed by atoms with van der Waals surface area (Å²) in [5.41, 5.74) is 1.38. The van der Waals surface area contributed by atoms with E-state index in [2.05, 4.69) is 35.6 Å². The van der Waals surface area contributed by atoms with Crippen molar-refractivity contribution in [3.8, 4) is 0 Å². The summed E-state index contributed by atoms with van der Waals surface area (Å²) in [6, 6.07) is 11.3. The topological polar surface area (TPSA) is 24.4 Å². The number of hydrogen-bond acceptors (Lipinski definition) is 2. The Morgan fingerprint density at radius 2 is 2.11 bits per heavy atom. The van der Waals surface area contributed by atoms with Crippen LogP contribution in [0.4, 0.5) is 0 Å². The van der Waals surface area contributed by atoms with Gasteiger partial charge in [0.05, 0.1) is 0 Å². The third-order valence-electron chi connectivity index (χ3n) is 3.90. The Kier molecular flexibility index (Phi) is 3.89. The second-order valence-corrected chi connectivity index (χ2v) is 6.18. The highest BCUT2D eigenvalue weighted by molar-refractivity contribution is 8.13. The molecule has 3 heteroatoms. The fourth-order valence-corrected chi connectivity index (χ4v) is 4.02. The van der Waals surface area contributed by atoms with Crippen LogP contribution in [0.1, 0.15) is 24.8 Å². The van der Waals surface area contributed by atoms with E-state index in [0.29, 0.717) is 6.04 Å². The molecule has 1 N–H and O–H groups in total. The molecular weight excluding hydrogens is 240 g/mol. The molecular formula is C15H20N2S. The van der Waals surface area contributed by atoms with Gasteiger partial charge in [-0.1, -0.05) is 48.5 Å². The normalized spacial score (nSPS) is 29.0.